The van der Waals surface area contributed by atoms with Gasteiger partial charge in [-0.2, -0.15) is 0 Å². The van der Waals surface area contributed by atoms with Crippen LogP contribution in [-0.4, -0.2) is 9.97 Å². The molecule has 0 bridgehead atoms. The number of pyridine rings is 1. The minimum Gasteiger partial charge on any atom is -0.327 e. The zero-order chi connectivity index (χ0) is 13.9. The molecule has 0 fully saturated rings. The van der Waals surface area contributed by atoms with Gasteiger partial charge in [0.1, 0.15) is 23.0 Å². The summed E-state index contributed by atoms with van der Waals surface area (Å²) >= 11 is 1.26. The quantitative estimate of drug-likeness (QED) is 0.784. The van der Waals surface area contributed by atoms with Gasteiger partial charge in [-0.3, -0.25) is 4.98 Å². The molecule has 0 atom stereocenters. The van der Waals surface area contributed by atoms with Crippen molar-refractivity contribution in [1.29, 1.82) is 0 Å². The average Bonchev–Trinajstić information content (AvgIpc) is 2.93. The van der Waals surface area contributed by atoms with Crippen LogP contribution >= 0.6 is 11.3 Å². The first kappa shape index (κ1) is 12.7. The SMILES string of the molecule is Fc1cccc(F)c1Nc1nc(-c2ccccn2)cs1. The van der Waals surface area contributed by atoms with Crippen molar-refractivity contribution >= 4 is 22.2 Å². The molecule has 0 saturated heterocycles. The molecule has 0 radical (unpaired) electrons. The van der Waals surface area contributed by atoms with Gasteiger partial charge < -0.3 is 5.32 Å². The van der Waals surface area contributed by atoms with Crippen LogP contribution in [0.5, 0.6) is 0 Å². The predicted octanol–water partition coefficient (Wildman–Crippen LogP) is 4.23. The van der Waals surface area contributed by atoms with Gasteiger partial charge in [0.15, 0.2) is 5.13 Å². The topological polar surface area (TPSA) is 37.8 Å². The number of benzene rings is 1. The first-order valence-electron chi connectivity index (χ1n) is 5.82. The Kier molecular flexibility index (Phi) is 3.39. The Morgan fingerprint density at radius 1 is 0.950 bits per heavy atom. The Morgan fingerprint density at radius 2 is 1.75 bits per heavy atom. The zero-order valence-corrected chi connectivity index (χ0v) is 11.0. The molecule has 100 valence electrons. The number of hydrogen-bond donors (Lipinski definition) is 1. The van der Waals surface area contributed by atoms with Crippen LogP contribution in [0, 0.1) is 11.6 Å². The lowest BCUT2D eigenvalue weighted by molar-refractivity contribution is 0.591. The van der Waals surface area contributed by atoms with E-state index in [0.717, 1.165) is 0 Å². The highest BCUT2D eigenvalue weighted by molar-refractivity contribution is 7.14. The molecule has 20 heavy (non-hydrogen) atoms. The van der Waals surface area contributed by atoms with Crippen molar-refractivity contribution in [3.8, 4) is 11.4 Å². The maximum absolute atomic E-state index is 13.5. The summed E-state index contributed by atoms with van der Waals surface area (Å²) < 4.78 is 27.1. The number of thiazole rings is 1. The Morgan fingerprint density at radius 3 is 2.45 bits per heavy atom. The van der Waals surface area contributed by atoms with E-state index in [9.17, 15) is 8.78 Å². The average molecular weight is 289 g/mol. The van der Waals surface area contributed by atoms with E-state index in [1.54, 1.807) is 11.6 Å². The summed E-state index contributed by atoms with van der Waals surface area (Å²) in [7, 11) is 0. The van der Waals surface area contributed by atoms with Crippen molar-refractivity contribution in [2.45, 2.75) is 0 Å². The number of nitrogens with zero attached hydrogens (tertiary/aromatic N) is 2. The maximum Gasteiger partial charge on any atom is 0.187 e. The van der Waals surface area contributed by atoms with Gasteiger partial charge in [-0.1, -0.05) is 12.1 Å². The van der Waals surface area contributed by atoms with Crippen molar-refractivity contribution in [3.63, 3.8) is 0 Å². The fourth-order valence-corrected chi connectivity index (χ4v) is 2.40. The van der Waals surface area contributed by atoms with Crippen LogP contribution in [0.4, 0.5) is 19.6 Å². The fraction of sp³-hybridized carbons (Fsp3) is 0. The van der Waals surface area contributed by atoms with Crippen molar-refractivity contribution in [2.24, 2.45) is 0 Å². The van der Waals surface area contributed by atoms with Gasteiger partial charge in [-0.05, 0) is 24.3 Å². The Bertz CT molecular complexity index is 708. The summed E-state index contributed by atoms with van der Waals surface area (Å²) in [6.07, 6.45) is 1.66. The number of rotatable bonds is 3. The van der Waals surface area contributed by atoms with Gasteiger partial charge in [0.25, 0.3) is 0 Å². The molecule has 3 aromatic rings. The number of hydrogen-bond acceptors (Lipinski definition) is 4. The molecule has 0 aliphatic carbocycles. The van der Waals surface area contributed by atoms with E-state index in [4.69, 9.17) is 0 Å². The van der Waals surface area contributed by atoms with E-state index in [1.807, 2.05) is 18.2 Å². The molecule has 0 unspecified atom stereocenters. The first-order valence-corrected chi connectivity index (χ1v) is 6.70. The number of halogens is 2. The first-order chi connectivity index (χ1) is 9.74. The van der Waals surface area contributed by atoms with Gasteiger partial charge in [0.05, 0.1) is 5.69 Å². The molecule has 1 aromatic carbocycles. The monoisotopic (exact) mass is 289 g/mol. The predicted molar refractivity (Wildman–Crippen MR) is 75.0 cm³/mol. The summed E-state index contributed by atoms with van der Waals surface area (Å²) in [6.45, 7) is 0. The van der Waals surface area contributed by atoms with Crippen LogP contribution in [0.2, 0.25) is 0 Å². The zero-order valence-electron chi connectivity index (χ0n) is 10.2. The second-order valence-corrected chi connectivity index (χ2v) is 4.83. The number of para-hydroxylation sites is 1. The molecule has 1 N–H and O–H groups in total. The maximum atomic E-state index is 13.5. The highest BCUT2D eigenvalue weighted by Crippen LogP contribution is 2.28. The number of anilines is 2. The van der Waals surface area contributed by atoms with E-state index >= 15 is 0 Å². The molecule has 3 nitrogen and oxygen atoms in total. The van der Waals surface area contributed by atoms with Gasteiger partial charge in [0.2, 0.25) is 0 Å². The van der Waals surface area contributed by atoms with Crippen LogP contribution in [0.25, 0.3) is 11.4 Å². The third kappa shape index (κ3) is 2.50. The third-order valence-corrected chi connectivity index (χ3v) is 3.38. The van der Waals surface area contributed by atoms with E-state index in [1.165, 1.54) is 29.5 Å². The van der Waals surface area contributed by atoms with E-state index in [2.05, 4.69) is 15.3 Å². The number of aromatic nitrogens is 2. The Labute approximate surface area is 118 Å². The second-order valence-electron chi connectivity index (χ2n) is 3.97. The van der Waals surface area contributed by atoms with Crippen LogP contribution < -0.4 is 5.32 Å². The van der Waals surface area contributed by atoms with Gasteiger partial charge in [0, 0.05) is 11.6 Å². The van der Waals surface area contributed by atoms with E-state index in [0.29, 0.717) is 16.5 Å². The summed E-state index contributed by atoms with van der Waals surface area (Å²) in [6, 6.07) is 9.19. The van der Waals surface area contributed by atoms with Crippen LogP contribution in [0.3, 0.4) is 0 Å². The molecule has 0 saturated carbocycles. The van der Waals surface area contributed by atoms with Gasteiger partial charge in [-0.25, -0.2) is 13.8 Å². The van der Waals surface area contributed by atoms with Gasteiger partial charge in [-0.15, -0.1) is 11.3 Å². The molecule has 6 heteroatoms. The third-order valence-electron chi connectivity index (χ3n) is 2.63. The van der Waals surface area contributed by atoms with Crippen LogP contribution in [0.1, 0.15) is 0 Å². The molecule has 2 aromatic heterocycles. The molecular formula is C14H9F2N3S. The normalized spacial score (nSPS) is 10.5. The Balaban J connectivity index is 1.88. The van der Waals surface area contributed by atoms with E-state index in [-0.39, 0.29) is 5.69 Å². The highest BCUT2D eigenvalue weighted by atomic mass is 32.1. The smallest absolute Gasteiger partial charge is 0.187 e. The highest BCUT2D eigenvalue weighted by Gasteiger charge is 2.11. The summed E-state index contributed by atoms with van der Waals surface area (Å²) in [5, 5.41) is 4.85. The number of nitrogens with one attached hydrogen (secondary N) is 1. The standard InChI is InChI=1S/C14H9F2N3S/c15-9-4-3-5-10(16)13(9)19-14-18-12(8-20-14)11-6-1-2-7-17-11/h1-8H,(H,18,19). The molecule has 0 spiro atoms. The molecule has 0 aliphatic rings. The van der Waals surface area contributed by atoms with Crippen molar-refractivity contribution < 1.29 is 8.78 Å². The molecule has 0 aliphatic heterocycles. The minimum absolute atomic E-state index is 0.200. The fourth-order valence-electron chi connectivity index (χ4n) is 1.69. The lowest BCUT2D eigenvalue weighted by Gasteiger charge is -2.04. The molecular weight excluding hydrogens is 280 g/mol. The van der Waals surface area contributed by atoms with Crippen LogP contribution in [-0.2, 0) is 0 Å². The lowest BCUT2D eigenvalue weighted by Crippen LogP contribution is -1.96. The minimum atomic E-state index is -0.653. The summed E-state index contributed by atoms with van der Waals surface area (Å²) in [5.41, 5.74) is 1.18. The van der Waals surface area contributed by atoms with Crippen molar-refractivity contribution in [3.05, 3.63) is 59.6 Å². The van der Waals surface area contributed by atoms with Crippen molar-refractivity contribution in [1.82, 2.24) is 9.97 Å². The second kappa shape index (κ2) is 5.34. The van der Waals surface area contributed by atoms with Crippen molar-refractivity contribution in [2.75, 3.05) is 5.32 Å². The van der Waals surface area contributed by atoms with E-state index < -0.39 is 11.6 Å². The van der Waals surface area contributed by atoms with Crippen LogP contribution in [0.15, 0.2) is 48.0 Å². The Hall–Kier alpha value is -2.34. The largest absolute Gasteiger partial charge is 0.327 e. The molecule has 2 heterocycles. The van der Waals surface area contributed by atoms with Gasteiger partial charge >= 0.3 is 0 Å². The summed E-state index contributed by atoms with van der Waals surface area (Å²) in [4.78, 5) is 8.44. The molecule has 3 rings (SSSR count). The lowest BCUT2D eigenvalue weighted by atomic mass is 10.3. The summed E-state index contributed by atoms with van der Waals surface area (Å²) in [5.74, 6) is -1.31. The molecule has 0 amide bonds.